The Hall–Kier alpha value is -3.02. The molecule has 6 heteroatoms. The molecule has 1 aliphatic heterocycles. The lowest BCUT2D eigenvalue weighted by Crippen LogP contribution is -2.44. The molecule has 2 aromatic rings. The molecule has 124 valence electrons. The molecular formula is C18H17NO5. The Morgan fingerprint density at radius 3 is 2.58 bits per heavy atom. The van der Waals surface area contributed by atoms with Gasteiger partial charge >= 0.3 is 5.97 Å². The van der Waals surface area contributed by atoms with E-state index in [1.807, 2.05) is 24.3 Å². The zero-order chi connectivity index (χ0) is 17.3. The van der Waals surface area contributed by atoms with Crippen molar-refractivity contribution >= 4 is 17.6 Å². The zero-order valence-corrected chi connectivity index (χ0v) is 13.4. The minimum atomic E-state index is -1.05. The minimum Gasteiger partial charge on any atom is -0.497 e. The van der Waals surface area contributed by atoms with Crippen molar-refractivity contribution in [3.05, 3.63) is 53.6 Å². The van der Waals surface area contributed by atoms with Crippen molar-refractivity contribution in [3.8, 4) is 11.5 Å². The number of nitrogens with zero attached hydrogens (tertiary/aromatic N) is 1. The number of methoxy groups -OCH3 is 1. The number of carboxylic acid groups (broad SMARTS) is 1. The summed E-state index contributed by atoms with van der Waals surface area (Å²) in [5, 5.41) is 9.18. The molecule has 2 aromatic carbocycles. The maximum Gasteiger partial charge on any atom is 0.335 e. The fourth-order valence-corrected chi connectivity index (χ4v) is 2.62. The maximum absolute atomic E-state index is 12.5. The number of hydrogen-bond donors (Lipinski definition) is 1. The fraction of sp³-hybridized carbons (Fsp3) is 0.222. The van der Waals surface area contributed by atoms with Crippen molar-refractivity contribution in [1.82, 2.24) is 0 Å². The van der Waals surface area contributed by atoms with Gasteiger partial charge in [-0.25, -0.2) is 4.79 Å². The summed E-state index contributed by atoms with van der Waals surface area (Å²) >= 11 is 0. The normalized spacial score (nSPS) is 16.3. The van der Waals surface area contributed by atoms with Gasteiger partial charge in [0.15, 0.2) is 6.10 Å². The number of carboxylic acids is 1. The van der Waals surface area contributed by atoms with Crippen LogP contribution in [0.5, 0.6) is 11.5 Å². The molecular weight excluding hydrogens is 310 g/mol. The first-order chi connectivity index (χ1) is 11.5. The molecule has 1 amide bonds. The van der Waals surface area contributed by atoms with E-state index in [1.165, 1.54) is 12.1 Å². The Labute approximate surface area is 139 Å². The minimum absolute atomic E-state index is 0.111. The SMILES string of the molecule is COc1ccc(CN2C(=O)[C@H](C)Oc3ccc(C(=O)O)cc32)cc1. The van der Waals surface area contributed by atoms with Crippen LogP contribution < -0.4 is 14.4 Å². The summed E-state index contributed by atoms with van der Waals surface area (Å²) in [6, 6.07) is 11.9. The van der Waals surface area contributed by atoms with Crippen molar-refractivity contribution in [1.29, 1.82) is 0 Å². The van der Waals surface area contributed by atoms with Gasteiger partial charge in [0.25, 0.3) is 5.91 Å². The Morgan fingerprint density at radius 1 is 1.25 bits per heavy atom. The Morgan fingerprint density at radius 2 is 1.96 bits per heavy atom. The average Bonchev–Trinajstić information content (AvgIpc) is 2.59. The number of ether oxygens (including phenoxy) is 2. The van der Waals surface area contributed by atoms with Crippen LogP contribution >= 0.6 is 0 Å². The second-order valence-corrected chi connectivity index (χ2v) is 5.52. The van der Waals surface area contributed by atoms with Crippen LogP contribution in [0.15, 0.2) is 42.5 Å². The first-order valence-corrected chi connectivity index (χ1v) is 7.48. The van der Waals surface area contributed by atoms with Crippen LogP contribution in [-0.2, 0) is 11.3 Å². The van der Waals surface area contributed by atoms with E-state index in [2.05, 4.69) is 0 Å². The first-order valence-electron chi connectivity index (χ1n) is 7.48. The number of benzene rings is 2. The van der Waals surface area contributed by atoms with Gasteiger partial charge in [-0.3, -0.25) is 4.79 Å². The molecule has 6 nitrogen and oxygen atoms in total. The first kappa shape index (κ1) is 15.9. The third-order valence-corrected chi connectivity index (χ3v) is 3.91. The van der Waals surface area contributed by atoms with Crippen LogP contribution in [-0.4, -0.2) is 30.2 Å². The van der Waals surface area contributed by atoms with Crippen molar-refractivity contribution in [2.75, 3.05) is 12.0 Å². The molecule has 1 heterocycles. The predicted octanol–water partition coefficient (Wildman–Crippen LogP) is 2.71. The number of anilines is 1. The van der Waals surface area contributed by atoms with Crippen LogP contribution in [0.4, 0.5) is 5.69 Å². The average molecular weight is 327 g/mol. The smallest absolute Gasteiger partial charge is 0.335 e. The maximum atomic E-state index is 12.5. The molecule has 0 bridgehead atoms. The Balaban J connectivity index is 1.97. The van der Waals surface area contributed by atoms with Crippen LogP contribution in [0.25, 0.3) is 0 Å². The summed E-state index contributed by atoms with van der Waals surface area (Å²) in [6.45, 7) is 2.00. The monoisotopic (exact) mass is 327 g/mol. The van der Waals surface area contributed by atoms with Crippen LogP contribution in [0.3, 0.4) is 0 Å². The predicted molar refractivity (Wildman–Crippen MR) is 87.7 cm³/mol. The standard InChI is InChI=1S/C18H17NO5/c1-11-17(20)19(10-12-3-6-14(23-2)7-4-12)15-9-13(18(21)22)5-8-16(15)24-11/h3-9,11H,10H2,1-2H3,(H,21,22)/t11-/m0/s1. The van der Waals surface area contributed by atoms with Gasteiger partial charge in [0.05, 0.1) is 24.9 Å². The Kier molecular flexibility index (Phi) is 4.12. The number of amides is 1. The number of hydrogen-bond acceptors (Lipinski definition) is 4. The molecule has 1 aliphatic rings. The van der Waals surface area contributed by atoms with E-state index in [9.17, 15) is 14.7 Å². The largest absolute Gasteiger partial charge is 0.497 e. The summed E-state index contributed by atoms with van der Waals surface area (Å²) in [5.41, 5.74) is 1.48. The molecule has 24 heavy (non-hydrogen) atoms. The molecule has 1 N–H and O–H groups in total. The molecule has 0 aliphatic carbocycles. The zero-order valence-electron chi connectivity index (χ0n) is 13.4. The summed E-state index contributed by atoms with van der Waals surface area (Å²) < 4.78 is 10.7. The highest BCUT2D eigenvalue weighted by Gasteiger charge is 2.32. The van der Waals surface area contributed by atoms with Gasteiger partial charge in [0.1, 0.15) is 11.5 Å². The Bertz CT molecular complexity index is 784. The van der Waals surface area contributed by atoms with Crippen molar-refractivity contribution in [2.45, 2.75) is 19.6 Å². The van der Waals surface area contributed by atoms with Crippen molar-refractivity contribution < 1.29 is 24.2 Å². The van der Waals surface area contributed by atoms with Gasteiger partial charge in [-0.05, 0) is 42.8 Å². The van der Waals surface area contributed by atoms with Crippen molar-refractivity contribution in [2.24, 2.45) is 0 Å². The molecule has 0 radical (unpaired) electrons. The molecule has 0 aromatic heterocycles. The summed E-state index contributed by atoms with van der Waals surface area (Å²) in [4.78, 5) is 25.3. The second-order valence-electron chi connectivity index (χ2n) is 5.52. The summed E-state index contributed by atoms with van der Waals surface area (Å²) in [5.74, 6) is -0.0243. The molecule has 0 saturated carbocycles. The van der Waals surface area contributed by atoms with E-state index in [4.69, 9.17) is 9.47 Å². The molecule has 1 atom stereocenters. The number of carbonyl (C=O) groups excluding carboxylic acids is 1. The summed E-state index contributed by atoms with van der Waals surface area (Å²) in [7, 11) is 1.59. The van der Waals surface area contributed by atoms with E-state index >= 15 is 0 Å². The lowest BCUT2D eigenvalue weighted by atomic mass is 10.1. The van der Waals surface area contributed by atoms with Crippen LogP contribution in [0.2, 0.25) is 0 Å². The molecule has 0 spiro atoms. The highest BCUT2D eigenvalue weighted by molar-refractivity contribution is 6.01. The second kappa shape index (κ2) is 6.23. The van der Waals surface area contributed by atoms with Gasteiger partial charge < -0.3 is 19.5 Å². The van der Waals surface area contributed by atoms with Crippen molar-refractivity contribution in [3.63, 3.8) is 0 Å². The quantitative estimate of drug-likeness (QED) is 0.934. The molecule has 0 fully saturated rings. The van der Waals surface area contributed by atoms with Crippen LogP contribution in [0, 0.1) is 0 Å². The van der Waals surface area contributed by atoms with E-state index in [0.717, 1.165) is 11.3 Å². The lowest BCUT2D eigenvalue weighted by molar-refractivity contribution is -0.125. The third kappa shape index (κ3) is 2.90. The molecule has 3 rings (SSSR count). The number of fused-ring (bicyclic) bond motifs is 1. The van der Waals surface area contributed by atoms with E-state index in [0.29, 0.717) is 18.0 Å². The summed E-state index contributed by atoms with van der Waals surface area (Å²) in [6.07, 6.45) is -0.619. The fourth-order valence-electron chi connectivity index (χ4n) is 2.62. The number of rotatable bonds is 4. The number of aromatic carboxylic acids is 1. The van der Waals surface area contributed by atoms with Crippen LogP contribution in [0.1, 0.15) is 22.8 Å². The van der Waals surface area contributed by atoms with Gasteiger partial charge in [0.2, 0.25) is 0 Å². The number of carbonyl (C=O) groups is 2. The van der Waals surface area contributed by atoms with Gasteiger partial charge in [0, 0.05) is 0 Å². The van der Waals surface area contributed by atoms with Gasteiger partial charge in [-0.1, -0.05) is 12.1 Å². The van der Waals surface area contributed by atoms with Gasteiger partial charge in [-0.2, -0.15) is 0 Å². The highest BCUT2D eigenvalue weighted by Crippen LogP contribution is 2.36. The van der Waals surface area contributed by atoms with E-state index in [1.54, 1.807) is 25.0 Å². The van der Waals surface area contributed by atoms with E-state index < -0.39 is 12.1 Å². The molecule has 0 saturated heterocycles. The van der Waals surface area contributed by atoms with Gasteiger partial charge in [-0.15, -0.1) is 0 Å². The topological polar surface area (TPSA) is 76.1 Å². The van der Waals surface area contributed by atoms with E-state index in [-0.39, 0.29) is 11.5 Å². The molecule has 0 unspecified atom stereocenters. The highest BCUT2D eigenvalue weighted by atomic mass is 16.5. The lowest BCUT2D eigenvalue weighted by Gasteiger charge is -2.33. The third-order valence-electron chi connectivity index (χ3n) is 3.91.